The zero-order valence-electron chi connectivity index (χ0n) is 9.47. The first-order chi connectivity index (χ1) is 6.35. The number of unbranched alkanes of at least 4 members (excludes halogenated alkanes) is 2. The Morgan fingerprint density at radius 1 is 1.08 bits per heavy atom. The standard InChI is InChI=1S/C12H25N/c1-4-7-9-12(10-8-5-2)13-11-6-3/h6,11-13H,4-5,7-10H2,1-3H3/b11-6+. The molecule has 0 aliphatic heterocycles. The molecule has 0 radical (unpaired) electrons. The van der Waals surface area contributed by atoms with E-state index in [0.717, 1.165) is 0 Å². The van der Waals surface area contributed by atoms with Crippen molar-refractivity contribution < 1.29 is 0 Å². The Balaban J connectivity index is 3.59. The Hall–Kier alpha value is -0.460. The van der Waals surface area contributed by atoms with Gasteiger partial charge in [-0.3, -0.25) is 0 Å². The molecule has 0 unspecified atom stereocenters. The smallest absolute Gasteiger partial charge is 0.0255 e. The van der Waals surface area contributed by atoms with Crippen LogP contribution in [0.4, 0.5) is 0 Å². The summed E-state index contributed by atoms with van der Waals surface area (Å²) in [6.07, 6.45) is 12.1. The van der Waals surface area contributed by atoms with Crippen molar-refractivity contribution in [3.63, 3.8) is 0 Å². The molecule has 0 atom stereocenters. The molecule has 1 nitrogen and oxygen atoms in total. The molecule has 0 spiro atoms. The number of hydrogen-bond acceptors (Lipinski definition) is 1. The van der Waals surface area contributed by atoms with Crippen LogP contribution in [0.3, 0.4) is 0 Å². The largest absolute Gasteiger partial charge is 0.388 e. The van der Waals surface area contributed by atoms with Gasteiger partial charge in [-0.1, -0.05) is 45.6 Å². The molecule has 0 aliphatic carbocycles. The van der Waals surface area contributed by atoms with Crippen LogP contribution >= 0.6 is 0 Å². The molecule has 0 aromatic heterocycles. The van der Waals surface area contributed by atoms with Crippen LogP contribution in [0.25, 0.3) is 0 Å². The predicted molar refractivity (Wildman–Crippen MR) is 60.8 cm³/mol. The second-order valence-corrected chi connectivity index (χ2v) is 3.65. The average molecular weight is 183 g/mol. The zero-order valence-corrected chi connectivity index (χ0v) is 9.47. The first-order valence-electron chi connectivity index (χ1n) is 5.72. The molecule has 0 aromatic rings. The van der Waals surface area contributed by atoms with Crippen LogP contribution in [0.5, 0.6) is 0 Å². The molecule has 0 heterocycles. The third-order valence-electron chi connectivity index (χ3n) is 2.31. The van der Waals surface area contributed by atoms with Crippen molar-refractivity contribution in [1.82, 2.24) is 5.32 Å². The second-order valence-electron chi connectivity index (χ2n) is 3.65. The van der Waals surface area contributed by atoms with Gasteiger partial charge < -0.3 is 5.32 Å². The van der Waals surface area contributed by atoms with Crippen molar-refractivity contribution in [3.05, 3.63) is 12.3 Å². The first kappa shape index (κ1) is 12.5. The summed E-state index contributed by atoms with van der Waals surface area (Å²) in [5.41, 5.74) is 0. The highest BCUT2D eigenvalue weighted by Crippen LogP contribution is 2.08. The van der Waals surface area contributed by atoms with Crippen LogP contribution in [-0.2, 0) is 0 Å². The maximum absolute atomic E-state index is 3.46. The van der Waals surface area contributed by atoms with Gasteiger partial charge in [0.25, 0.3) is 0 Å². The first-order valence-corrected chi connectivity index (χ1v) is 5.72. The van der Waals surface area contributed by atoms with E-state index in [9.17, 15) is 0 Å². The van der Waals surface area contributed by atoms with Crippen molar-refractivity contribution in [2.75, 3.05) is 0 Å². The van der Waals surface area contributed by atoms with Crippen LogP contribution in [0.1, 0.15) is 59.3 Å². The monoisotopic (exact) mass is 183 g/mol. The molecule has 0 aliphatic rings. The van der Waals surface area contributed by atoms with Crippen LogP contribution in [0.2, 0.25) is 0 Å². The zero-order chi connectivity index (χ0) is 9.94. The summed E-state index contributed by atoms with van der Waals surface area (Å²) in [6.45, 7) is 6.57. The maximum Gasteiger partial charge on any atom is 0.0255 e. The van der Waals surface area contributed by atoms with Gasteiger partial charge in [-0.15, -0.1) is 0 Å². The number of hydrogen-bond donors (Lipinski definition) is 1. The summed E-state index contributed by atoms with van der Waals surface area (Å²) in [4.78, 5) is 0. The third-order valence-corrected chi connectivity index (χ3v) is 2.31. The third kappa shape index (κ3) is 7.89. The van der Waals surface area contributed by atoms with Crippen LogP contribution in [0, 0.1) is 0 Å². The molecule has 0 rings (SSSR count). The van der Waals surface area contributed by atoms with Gasteiger partial charge in [-0.05, 0) is 26.0 Å². The van der Waals surface area contributed by atoms with E-state index >= 15 is 0 Å². The van der Waals surface area contributed by atoms with Crippen molar-refractivity contribution in [1.29, 1.82) is 0 Å². The number of allylic oxidation sites excluding steroid dienone is 1. The molecule has 0 aromatic carbocycles. The van der Waals surface area contributed by atoms with Gasteiger partial charge in [-0.2, -0.15) is 0 Å². The van der Waals surface area contributed by atoms with E-state index in [1.165, 1.54) is 38.5 Å². The Labute approximate surface area is 83.6 Å². The molecule has 0 fully saturated rings. The van der Waals surface area contributed by atoms with E-state index in [1.807, 2.05) is 0 Å². The summed E-state index contributed by atoms with van der Waals surface area (Å²) in [5.74, 6) is 0. The SMILES string of the molecule is C/C=C/NC(CCCC)CCCC. The Bertz CT molecular complexity index is 110. The van der Waals surface area contributed by atoms with Crippen LogP contribution in [-0.4, -0.2) is 6.04 Å². The summed E-state index contributed by atoms with van der Waals surface area (Å²) >= 11 is 0. The minimum absolute atomic E-state index is 0.705. The molecular formula is C12H25N. The summed E-state index contributed by atoms with van der Waals surface area (Å²) in [6, 6.07) is 0.705. The summed E-state index contributed by atoms with van der Waals surface area (Å²) in [7, 11) is 0. The minimum atomic E-state index is 0.705. The lowest BCUT2D eigenvalue weighted by Gasteiger charge is -2.16. The predicted octanol–water partition coefficient (Wildman–Crippen LogP) is 3.86. The normalized spacial score (nSPS) is 11.4. The Morgan fingerprint density at radius 3 is 2.00 bits per heavy atom. The number of rotatable bonds is 8. The van der Waals surface area contributed by atoms with Gasteiger partial charge in [-0.25, -0.2) is 0 Å². The lowest BCUT2D eigenvalue weighted by molar-refractivity contribution is 0.470. The van der Waals surface area contributed by atoms with Crippen LogP contribution < -0.4 is 5.32 Å². The minimum Gasteiger partial charge on any atom is -0.388 e. The highest BCUT2D eigenvalue weighted by atomic mass is 14.9. The Kier molecular flexibility index (Phi) is 9.29. The van der Waals surface area contributed by atoms with Gasteiger partial charge in [0.2, 0.25) is 0 Å². The van der Waals surface area contributed by atoms with Gasteiger partial charge in [0.15, 0.2) is 0 Å². The average Bonchev–Trinajstić information content (AvgIpc) is 2.17. The Morgan fingerprint density at radius 2 is 1.62 bits per heavy atom. The molecule has 0 saturated carbocycles. The fourth-order valence-corrected chi connectivity index (χ4v) is 1.44. The van der Waals surface area contributed by atoms with Gasteiger partial charge >= 0.3 is 0 Å². The van der Waals surface area contributed by atoms with Gasteiger partial charge in [0.1, 0.15) is 0 Å². The van der Waals surface area contributed by atoms with Gasteiger partial charge in [0.05, 0.1) is 0 Å². The fourth-order valence-electron chi connectivity index (χ4n) is 1.44. The van der Waals surface area contributed by atoms with E-state index in [1.54, 1.807) is 0 Å². The topological polar surface area (TPSA) is 12.0 Å². The second kappa shape index (κ2) is 9.63. The van der Waals surface area contributed by atoms with Crippen molar-refractivity contribution in [2.24, 2.45) is 0 Å². The number of nitrogens with one attached hydrogen (secondary N) is 1. The lowest BCUT2D eigenvalue weighted by atomic mass is 10.0. The molecule has 0 saturated heterocycles. The molecule has 1 heteroatoms. The molecule has 13 heavy (non-hydrogen) atoms. The highest BCUT2D eigenvalue weighted by Gasteiger charge is 2.03. The van der Waals surface area contributed by atoms with E-state index < -0.39 is 0 Å². The molecule has 0 amide bonds. The van der Waals surface area contributed by atoms with Gasteiger partial charge in [0, 0.05) is 6.04 Å². The van der Waals surface area contributed by atoms with Crippen molar-refractivity contribution in [3.8, 4) is 0 Å². The van der Waals surface area contributed by atoms with E-state index in [4.69, 9.17) is 0 Å². The quantitative estimate of drug-likeness (QED) is 0.602. The maximum atomic E-state index is 3.46. The van der Waals surface area contributed by atoms with E-state index in [2.05, 4.69) is 38.4 Å². The highest BCUT2D eigenvalue weighted by molar-refractivity contribution is 4.79. The summed E-state index contributed by atoms with van der Waals surface area (Å²) < 4.78 is 0. The molecule has 78 valence electrons. The molecule has 0 bridgehead atoms. The lowest BCUT2D eigenvalue weighted by Crippen LogP contribution is -2.23. The van der Waals surface area contributed by atoms with Crippen LogP contribution in [0.15, 0.2) is 12.3 Å². The van der Waals surface area contributed by atoms with E-state index in [-0.39, 0.29) is 0 Å². The fraction of sp³-hybridized carbons (Fsp3) is 0.833. The van der Waals surface area contributed by atoms with Crippen molar-refractivity contribution >= 4 is 0 Å². The summed E-state index contributed by atoms with van der Waals surface area (Å²) in [5, 5.41) is 3.46. The van der Waals surface area contributed by atoms with Crippen molar-refractivity contribution in [2.45, 2.75) is 65.3 Å². The molecule has 1 N–H and O–H groups in total. The molecular weight excluding hydrogens is 158 g/mol. The van der Waals surface area contributed by atoms with E-state index in [0.29, 0.717) is 6.04 Å².